The molecule has 0 amide bonds. The molecule has 19 heavy (non-hydrogen) atoms. The highest BCUT2D eigenvalue weighted by molar-refractivity contribution is 5.78. The highest BCUT2D eigenvalue weighted by atomic mass is 16.5. The molecular weight excluding hydrogens is 242 g/mol. The number of benzene rings is 1. The molecule has 0 saturated carbocycles. The van der Waals surface area contributed by atoms with Crippen LogP contribution in [0.4, 0.5) is 0 Å². The van der Waals surface area contributed by atoms with Gasteiger partial charge in [0.15, 0.2) is 5.96 Å². The number of aliphatic imine (C=N–C) groups is 1. The first-order valence-electron chi connectivity index (χ1n) is 6.58. The smallest absolute Gasteiger partial charge is 0.191 e. The number of nitrogens with two attached hydrogens (primary N) is 1. The Morgan fingerprint density at radius 1 is 1.42 bits per heavy atom. The molecule has 104 valence electrons. The van der Waals surface area contributed by atoms with E-state index in [0.717, 1.165) is 31.5 Å². The van der Waals surface area contributed by atoms with E-state index in [1.165, 1.54) is 0 Å². The minimum Gasteiger partial charge on any atom is -0.496 e. The van der Waals surface area contributed by atoms with Gasteiger partial charge in [0.1, 0.15) is 11.9 Å². The van der Waals surface area contributed by atoms with Gasteiger partial charge in [-0.2, -0.15) is 0 Å². The maximum Gasteiger partial charge on any atom is 0.191 e. The summed E-state index contributed by atoms with van der Waals surface area (Å²) in [6, 6.07) is 7.41. The molecule has 1 heterocycles. The molecule has 1 aromatic carbocycles. The minimum atomic E-state index is -0.697. The van der Waals surface area contributed by atoms with Gasteiger partial charge >= 0.3 is 0 Å². The van der Waals surface area contributed by atoms with E-state index < -0.39 is 6.10 Å². The van der Waals surface area contributed by atoms with Crippen molar-refractivity contribution in [2.75, 3.05) is 26.7 Å². The Kier molecular flexibility index (Phi) is 4.63. The van der Waals surface area contributed by atoms with Gasteiger partial charge in [-0.25, -0.2) is 0 Å². The molecule has 1 aliphatic rings. The van der Waals surface area contributed by atoms with E-state index in [4.69, 9.17) is 10.5 Å². The number of ether oxygens (including phenoxy) is 1. The van der Waals surface area contributed by atoms with E-state index in [0.29, 0.717) is 11.7 Å². The number of likely N-dealkylation sites (tertiary alicyclic amines) is 1. The third-order valence-corrected chi connectivity index (χ3v) is 3.35. The zero-order valence-corrected chi connectivity index (χ0v) is 11.2. The number of aliphatic hydroxyl groups excluding tert-OH is 1. The van der Waals surface area contributed by atoms with Crippen LogP contribution in [0.2, 0.25) is 0 Å². The maximum atomic E-state index is 10.2. The molecule has 3 N–H and O–H groups in total. The van der Waals surface area contributed by atoms with Crippen molar-refractivity contribution in [3.63, 3.8) is 0 Å². The Bertz CT molecular complexity index is 442. The van der Waals surface area contributed by atoms with Crippen LogP contribution in [0.25, 0.3) is 0 Å². The van der Waals surface area contributed by atoms with Crippen molar-refractivity contribution in [2.45, 2.75) is 18.9 Å². The topological polar surface area (TPSA) is 71.1 Å². The van der Waals surface area contributed by atoms with Gasteiger partial charge in [0, 0.05) is 18.7 Å². The second-order valence-corrected chi connectivity index (χ2v) is 4.65. The Balaban J connectivity index is 2.00. The van der Waals surface area contributed by atoms with Crippen molar-refractivity contribution in [1.29, 1.82) is 0 Å². The average molecular weight is 263 g/mol. The number of nitrogens with zero attached hydrogens (tertiary/aromatic N) is 2. The molecule has 0 spiro atoms. The standard InChI is InChI=1S/C14H21N3O2/c1-19-13-7-3-2-6-11(13)12(18)10-16-14(15)17-8-4-5-9-17/h2-3,6-7,12,18H,4-5,8-10H2,1H3,(H2,15,16). The van der Waals surface area contributed by atoms with Gasteiger partial charge in [0.25, 0.3) is 0 Å². The second kappa shape index (κ2) is 6.43. The molecule has 0 aliphatic carbocycles. The summed E-state index contributed by atoms with van der Waals surface area (Å²) in [7, 11) is 1.59. The molecule has 5 heteroatoms. The molecule has 1 aromatic rings. The zero-order chi connectivity index (χ0) is 13.7. The fourth-order valence-electron chi connectivity index (χ4n) is 2.27. The van der Waals surface area contributed by atoms with Gasteiger partial charge in [-0.05, 0) is 18.9 Å². The van der Waals surface area contributed by atoms with Crippen molar-refractivity contribution >= 4 is 5.96 Å². The molecule has 5 nitrogen and oxygen atoms in total. The summed E-state index contributed by atoms with van der Waals surface area (Å²) in [5.41, 5.74) is 6.65. The van der Waals surface area contributed by atoms with Gasteiger partial charge in [-0.15, -0.1) is 0 Å². The lowest BCUT2D eigenvalue weighted by atomic mass is 10.1. The lowest BCUT2D eigenvalue weighted by molar-refractivity contribution is 0.182. The summed E-state index contributed by atoms with van der Waals surface area (Å²) in [5, 5.41) is 10.2. The van der Waals surface area contributed by atoms with Crippen LogP contribution in [0.5, 0.6) is 5.75 Å². The Morgan fingerprint density at radius 2 is 2.11 bits per heavy atom. The molecule has 0 bridgehead atoms. The van der Waals surface area contributed by atoms with Crippen LogP contribution >= 0.6 is 0 Å². The number of aliphatic hydroxyl groups is 1. The van der Waals surface area contributed by atoms with Crippen molar-refractivity contribution in [2.24, 2.45) is 10.7 Å². The first kappa shape index (κ1) is 13.7. The summed E-state index contributed by atoms with van der Waals surface area (Å²) >= 11 is 0. The van der Waals surface area contributed by atoms with Crippen molar-refractivity contribution in [3.8, 4) is 5.75 Å². The van der Waals surface area contributed by atoms with Crippen LogP contribution in [-0.2, 0) is 0 Å². The molecular formula is C14H21N3O2. The number of para-hydroxylation sites is 1. The van der Waals surface area contributed by atoms with Gasteiger partial charge in [0.05, 0.1) is 13.7 Å². The number of hydrogen-bond acceptors (Lipinski definition) is 3. The summed E-state index contributed by atoms with van der Waals surface area (Å²) in [6.07, 6.45) is 1.62. The number of rotatable bonds is 4. The lowest BCUT2D eigenvalue weighted by Gasteiger charge is -2.17. The summed E-state index contributed by atoms with van der Waals surface area (Å²) in [6.45, 7) is 2.17. The molecule has 1 atom stereocenters. The fraction of sp³-hybridized carbons (Fsp3) is 0.500. The number of methoxy groups -OCH3 is 1. The van der Waals surface area contributed by atoms with Gasteiger partial charge in [-0.1, -0.05) is 18.2 Å². The Labute approximate surface area is 113 Å². The third-order valence-electron chi connectivity index (χ3n) is 3.35. The predicted octanol–water partition coefficient (Wildman–Crippen LogP) is 1.14. The van der Waals surface area contributed by atoms with Crippen molar-refractivity contribution in [1.82, 2.24) is 4.90 Å². The van der Waals surface area contributed by atoms with Crippen molar-refractivity contribution in [3.05, 3.63) is 29.8 Å². The van der Waals surface area contributed by atoms with Crippen LogP contribution in [0, 0.1) is 0 Å². The lowest BCUT2D eigenvalue weighted by Crippen LogP contribution is -2.35. The van der Waals surface area contributed by atoms with E-state index in [1.54, 1.807) is 7.11 Å². The number of guanidine groups is 1. The highest BCUT2D eigenvalue weighted by Gasteiger charge is 2.15. The molecule has 1 saturated heterocycles. The third kappa shape index (κ3) is 3.38. The van der Waals surface area contributed by atoms with Crippen LogP contribution < -0.4 is 10.5 Å². The monoisotopic (exact) mass is 263 g/mol. The van der Waals surface area contributed by atoms with Gasteiger partial charge in [0.2, 0.25) is 0 Å². The molecule has 1 unspecified atom stereocenters. The summed E-state index contributed by atoms with van der Waals surface area (Å²) < 4.78 is 5.22. The molecule has 1 fully saturated rings. The quantitative estimate of drug-likeness (QED) is 0.631. The normalized spacial score (nSPS) is 17.6. The predicted molar refractivity (Wildman–Crippen MR) is 75.3 cm³/mol. The zero-order valence-electron chi connectivity index (χ0n) is 11.2. The van der Waals surface area contributed by atoms with E-state index in [2.05, 4.69) is 9.89 Å². The summed E-state index contributed by atoms with van der Waals surface area (Å²) in [4.78, 5) is 6.32. The van der Waals surface area contributed by atoms with E-state index in [-0.39, 0.29) is 6.54 Å². The Morgan fingerprint density at radius 3 is 2.79 bits per heavy atom. The molecule has 1 aliphatic heterocycles. The van der Waals surface area contributed by atoms with E-state index in [1.807, 2.05) is 24.3 Å². The van der Waals surface area contributed by atoms with Gasteiger partial charge < -0.3 is 20.5 Å². The van der Waals surface area contributed by atoms with E-state index >= 15 is 0 Å². The van der Waals surface area contributed by atoms with Crippen LogP contribution in [0.15, 0.2) is 29.3 Å². The van der Waals surface area contributed by atoms with Crippen LogP contribution in [0.1, 0.15) is 24.5 Å². The van der Waals surface area contributed by atoms with Gasteiger partial charge in [-0.3, -0.25) is 4.99 Å². The van der Waals surface area contributed by atoms with Crippen LogP contribution in [-0.4, -0.2) is 42.7 Å². The largest absolute Gasteiger partial charge is 0.496 e. The van der Waals surface area contributed by atoms with E-state index in [9.17, 15) is 5.11 Å². The average Bonchev–Trinajstić information content (AvgIpc) is 2.98. The minimum absolute atomic E-state index is 0.253. The van der Waals surface area contributed by atoms with Crippen LogP contribution in [0.3, 0.4) is 0 Å². The SMILES string of the molecule is COc1ccccc1C(O)CN=C(N)N1CCCC1. The first-order valence-corrected chi connectivity index (χ1v) is 6.58. The summed E-state index contributed by atoms with van der Waals surface area (Å²) in [5.74, 6) is 1.19. The second-order valence-electron chi connectivity index (χ2n) is 4.65. The first-order chi connectivity index (χ1) is 9.22. The highest BCUT2D eigenvalue weighted by Crippen LogP contribution is 2.24. The molecule has 0 radical (unpaired) electrons. The number of hydrogen-bond donors (Lipinski definition) is 2. The van der Waals surface area contributed by atoms with Crippen molar-refractivity contribution < 1.29 is 9.84 Å². The fourth-order valence-corrected chi connectivity index (χ4v) is 2.27. The molecule has 0 aromatic heterocycles. The molecule has 2 rings (SSSR count). The Hall–Kier alpha value is -1.75. The maximum absolute atomic E-state index is 10.2.